The molecule has 1 saturated heterocycles. The molecule has 2 atom stereocenters. The summed E-state index contributed by atoms with van der Waals surface area (Å²) in [5.74, 6) is 0. The van der Waals surface area contributed by atoms with Crippen molar-refractivity contribution in [1.82, 2.24) is 9.80 Å². The maximum absolute atomic E-state index is 6.36. The van der Waals surface area contributed by atoms with Gasteiger partial charge < -0.3 is 5.73 Å². The van der Waals surface area contributed by atoms with Gasteiger partial charge in [-0.1, -0.05) is 42.3 Å². The Morgan fingerprint density at radius 2 is 1.76 bits per heavy atom. The van der Waals surface area contributed by atoms with Crippen LogP contribution >= 0.6 is 23.2 Å². The van der Waals surface area contributed by atoms with E-state index in [1.54, 1.807) is 0 Å². The minimum Gasteiger partial charge on any atom is -0.329 e. The molecule has 0 radical (unpaired) electrons. The molecule has 1 aromatic rings. The Morgan fingerprint density at radius 1 is 1.14 bits per heavy atom. The SMILES string of the molecule is CCC(C)N1CCN(C(CN)c2cccc(Cl)c2Cl)CC1. The van der Waals surface area contributed by atoms with E-state index < -0.39 is 0 Å². The Balaban J connectivity index is 2.08. The monoisotopic (exact) mass is 329 g/mol. The molecule has 5 heteroatoms. The van der Waals surface area contributed by atoms with Gasteiger partial charge in [-0.2, -0.15) is 0 Å². The predicted molar refractivity (Wildman–Crippen MR) is 91.2 cm³/mol. The highest BCUT2D eigenvalue weighted by Gasteiger charge is 2.27. The van der Waals surface area contributed by atoms with Gasteiger partial charge in [0.25, 0.3) is 0 Å². The highest BCUT2D eigenvalue weighted by molar-refractivity contribution is 6.42. The lowest BCUT2D eigenvalue weighted by Crippen LogP contribution is -2.51. The van der Waals surface area contributed by atoms with E-state index in [1.807, 2.05) is 18.2 Å². The Morgan fingerprint density at radius 3 is 2.33 bits per heavy atom. The van der Waals surface area contributed by atoms with Crippen LogP contribution in [0.15, 0.2) is 18.2 Å². The number of hydrogen-bond donors (Lipinski definition) is 1. The molecule has 0 bridgehead atoms. The molecule has 21 heavy (non-hydrogen) atoms. The van der Waals surface area contributed by atoms with Crippen LogP contribution in [-0.2, 0) is 0 Å². The number of halogens is 2. The number of nitrogens with two attached hydrogens (primary N) is 1. The Labute approximate surface area is 138 Å². The van der Waals surface area contributed by atoms with Gasteiger partial charge in [0.15, 0.2) is 0 Å². The molecule has 2 unspecified atom stereocenters. The first-order valence-corrected chi connectivity index (χ1v) is 8.46. The van der Waals surface area contributed by atoms with Crippen molar-refractivity contribution < 1.29 is 0 Å². The third-order valence-electron chi connectivity index (χ3n) is 4.57. The van der Waals surface area contributed by atoms with Crippen molar-refractivity contribution >= 4 is 23.2 Å². The van der Waals surface area contributed by atoms with Gasteiger partial charge in [-0.25, -0.2) is 0 Å². The molecular formula is C16H25Cl2N3. The van der Waals surface area contributed by atoms with Crippen LogP contribution < -0.4 is 5.73 Å². The lowest BCUT2D eigenvalue weighted by molar-refractivity contribution is 0.0744. The minimum atomic E-state index is 0.148. The number of rotatable bonds is 5. The smallest absolute Gasteiger partial charge is 0.0640 e. The van der Waals surface area contributed by atoms with E-state index in [9.17, 15) is 0 Å². The summed E-state index contributed by atoms with van der Waals surface area (Å²) in [6.45, 7) is 9.32. The van der Waals surface area contributed by atoms with E-state index in [0.717, 1.165) is 31.7 Å². The molecule has 0 aliphatic carbocycles. The maximum Gasteiger partial charge on any atom is 0.0640 e. The summed E-state index contributed by atoms with van der Waals surface area (Å²) in [7, 11) is 0. The van der Waals surface area contributed by atoms with E-state index in [1.165, 1.54) is 6.42 Å². The first-order valence-electron chi connectivity index (χ1n) is 7.70. The normalized spacial score (nSPS) is 20.4. The van der Waals surface area contributed by atoms with Crippen LogP contribution in [0.1, 0.15) is 31.9 Å². The topological polar surface area (TPSA) is 32.5 Å². The van der Waals surface area contributed by atoms with E-state index in [-0.39, 0.29) is 6.04 Å². The van der Waals surface area contributed by atoms with Crippen molar-refractivity contribution in [2.75, 3.05) is 32.7 Å². The highest BCUT2D eigenvalue weighted by Crippen LogP contribution is 2.32. The summed E-state index contributed by atoms with van der Waals surface area (Å²) in [5, 5.41) is 1.24. The fraction of sp³-hybridized carbons (Fsp3) is 0.625. The van der Waals surface area contributed by atoms with Crippen LogP contribution in [-0.4, -0.2) is 48.6 Å². The second kappa shape index (κ2) is 7.80. The molecule has 2 rings (SSSR count). The lowest BCUT2D eigenvalue weighted by atomic mass is 10.0. The Bertz CT molecular complexity index is 459. The fourth-order valence-corrected chi connectivity index (χ4v) is 3.43. The summed E-state index contributed by atoms with van der Waals surface area (Å²) in [5.41, 5.74) is 7.06. The molecule has 0 saturated carbocycles. The van der Waals surface area contributed by atoms with Crippen LogP contribution in [0.3, 0.4) is 0 Å². The Hall–Kier alpha value is -0.320. The number of benzene rings is 1. The van der Waals surface area contributed by atoms with E-state index in [2.05, 4.69) is 23.6 Å². The van der Waals surface area contributed by atoms with Crippen LogP contribution in [0.2, 0.25) is 10.0 Å². The van der Waals surface area contributed by atoms with Gasteiger partial charge in [-0.05, 0) is 25.0 Å². The highest BCUT2D eigenvalue weighted by atomic mass is 35.5. The maximum atomic E-state index is 6.36. The predicted octanol–water partition coefficient (Wildman–Crippen LogP) is 3.41. The quantitative estimate of drug-likeness (QED) is 0.898. The van der Waals surface area contributed by atoms with Crippen molar-refractivity contribution in [3.05, 3.63) is 33.8 Å². The van der Waals surface area contributed by atoms with Crippen LogP contribution in [0.4, 0.5) is 0 Å². The molecule has 2 N–H and O–H groups in total. The third-order valence-corrected chi connectivity index (χ3v) is 5.40. The van der Waals surface area contributed by atoms with E-state index in [0.29, 0.717) is 22.6 Å². The van der Waals surface area contributed by atoms with Crippen molar-refractivity contribution in [2.24, 2.45) is 5.73 Å². The second-order valence-electron chi connectivity index (χ2n) is 5.72. The molecule has 1 fully saturated rings. The summed E-state index contributed by atoms with van der Waals surface area (Å²) >= 11 is 12.5. The number of nitrogens with zero attached hydrogens (tertiary/aromatic N) is 2. The van der Waals surface area contributed by atoms with Crippen molar-refractivity contribution in [3.8, 4) is 0 Å². The van der Waals surface area contributed by atoms with Crippen LogP contribution in [0.5, 0.6) is 0 Å². The average Bonchev–Trinajstić information content (AvgIpc) is 2.52. The molecule has 1 heterocycles. The summed E-state index contributed by atoms with van der Waals surface area (Å²) in [6.07, 6.45) is 1.19. The van der Waals surface area contributed by atoms with E-state index >= 15 is 0 Å². The van der Waals surface area contributed by atoms with Crippen LogP contribution in [0, 0.1) is 0 Å². The van der Waals surface area contributed by atoms with Gasteiger partial charge in [0.2, 0.25) is 0 Å². The Kier molecular flexibility index (Phi) is 6.33. The summed E-state index contributed by atoms with van der Waals surface area (Å²) < 4.78 is 0. The molecule has 1 aliphatic heterocycles. The van der Waals surface area contributed by atoms with Gasteiger partial charge in [-0.15, -0.1) is 0 Å². The molecule has 0 aromatic heterocycles. The largest absolute Gasteiger partial charge is 0.329 e. The summed E-state index contributed by atoms with van der Waals surface area (Å²) in [6, 6.07) is 6.60. The number of piperazine rings is 1. The fourth-order valence-electron chi connectivity index (χ4n) is 3.00. The molecule has 1 aliphatic rings. The molecule has 3 nitrogen and oxygen atoms in total. The molecular weight excluding hydrogens is 305 g/mol. The van der Waals surface area contributed by atoms with Crippen molar-refractivity contribution in [3.63, 3.8) is 0 Å². The molecule has 0 amide bonds. The molecule has 118 valence electrons. The molecule has 0 spiro atoms. The first kappa shape index (κ1) is 17.0. The zero-order chi connectivity index (χ0) is 15.4. The van der Waals surface area contributed by atoms with Crippen LogP contribution in [0.25, 0.3) is 0 Å². The van der Waals surface area contributed by atoms with Gasteiger partial charge >= 0.3 is 0 Å². The zero-order valence-corrected chi connectivity index (χ0v) is 14.4. The van der Waals surface area contributed by atoms with Gasteiger partial charge in [-0.3, -0.25) is 9.80 Å². The first-order chi connectivity index (χ1) is 10.1. The zero-order valence-electron chi connectivity index (χ0n) is 12.9. The second-order valence-corrected chi connectivity index (χ2v) is 6.51. The van der Waals surface area contributed by atoms with Gasteiger partial charge in [0, 0.05) is 44.8 Å². The number of hydrogen-bond acceptors (Lipinski definition) is 3. The van der Waals surface area contributed by atoms with Gasteiger partial charge in [0.05, 0.1) is 10.0 Å². The average molecular weight is 330 g/mol. The lowest BCUT2D eigenvalue weighted by Gasteiger charge is -2.41. The van der Waals surface area contributed by atoms with E-state index in [4.69, 9.17) is 28.9 Å². The summed E-state index contributed by atoms with van der Waals surface area (Å²) in [4.78, 5) is 4.97. The third kappa shape index (κ3) is 3.91. The standard InChI is InChI=1S/C16H25Cl2N3/c1-3-12(2)20-7-9-21(10-8-20)15(11-19)13-5-4-6-14(17)16(13)18/h4-6,12,15H,3,7-11,19H2,1-2H3. The van der Waals surface area contributed by atoms with Crippen molar-refractivity contribution in [1.29, 1.82) is 0 Å². The minimum absolute atomic E-state index is 0.148. The molecule has 1 aromatic carbocycles. The van der Waals surface area contributed by atoms with Gasteiger partial charge in [0.1, 0.15) is 0 Å². The van der Waals surface area contributed by atoms with Crippen molar-refractivity contribution in [2.45, 2.75) is 32.4 Å².